The Morgan fingerprint density at radius 3 is 2.50 bits per heavy atom. The Morgan fingerprint density at radius 1 is 1.12 bits per heavy atom. The van der Waals surface area contributed by atoms with Crippen LogP contribution in [0.5, 0.6) is 0 Å². The van der Waals surface area contributed by atoms with Gasteiger partial charge in [0.25, 0.3) is 5.91 Å². The van der Waals surface area contributed by atoms with Gasteiger partial charge in [0, 0.05) is 18.3 Å². The predicted molar refractivity (Wildman–Crippen MR) is 101 cm³/mol. The molecule has 26 heavy (non-hydrogen) atoms. The highest BCUT2D eigenvalue weighted by Crippen LogP contribution is 2.27. The van der Waals surface area contributed by atoms with Gasteiger partial charge < -0.3 is 11.1 Å². The molecule has 1 aromatic carbocycles. The van der Waals surface area contributed by atoms with E-state index in [9.17, 15) is 9.59 Å². The molecule has 1 aliphatic carbocycles. The molecule has 1 fully saturated rings. The fourth-order valence-corrected chi connectivity index (χ4v) is 3.55. The molecular weight excluding hydrogens is 328 g/mol. The molecule has 3 rings (SSSR count). The van der Waals surface area contributed by atoms with Crippen LogP contribution >= 0.6 is 0 Å². The summed E-state index contributed by atoms with van der Waals surface area (Å²) >= 11 is 0. The minimum absolute atomic E-state index is 0.0589. The highest BCUT2D eigenvalue weighted by molar-refractivity contribution is 5.91. The summed E-state index contributed by atoms with van der Waals surface area (Å²) in [6.45, 7) is 0. The molecule has 0 bridgehead atoms. The number of nitrogens with zero attached hydrogens (tertiary/aromatic N) is 2. The van der Waals surface area contributed by atoms with Crippen molar-refractivity contribution < 1.29 is 9.59 Å². The van der Waals surface area contributed by atoms with Gasteiger partial charge in [-0.2, -0.15) is 5.10 Å². The van der Waals surface area contributed by atoms with E-state index >= 15 is 0 Å². The van der Waals surface area contributed by atoms with Crippen molar-refractivity contribution in [1.82, 2.24) is 9.78 Å². The van der Waals surface area contributed by atoms with Crippen LogP contribution in [0, 0.1) is 5.92 Å². The number of aromatic nitrogens is 2. The topological polar surface area (TPSA) is 90.0 Å². The molecule has 0 radical (unpaired) electrons. The van der Waals surface area contributed by atoms with Gasteiger partial charge in [0.05, 0.1) is 5.69 Å². The van der Waals surface area contributed by atoms with Crippen LogP contribution in [0.4, 0.5) is 5.69 Å². The third-order valence-electron chi connectivity index (χ3n) is 5.00. The summed E-state index contributed by atoms with van der Waals surface area (Å²) in [5.41, 5.74) is 6.99. The maximum Gasteiger partial charge on any atom is 0.269 e. The number of anilines is 1. The van der Waals surface area contributed by atoms with Gasteiger partial charge in [-0.25, -0.2) is 4.68 Å². The highest BCUT2D eigenvalue weighted by Gasteiger charge is 2.13. The van der Waals surface area contributed by atoms with Crippen molar-refractivity contribution in [2.45, 2.75) is 51.4 Å². The van der Waals surface area contributed by atoms with E-state index in [0.717, 1.165) is 30.1 Å². The maximum absolute atomic E-state index is 12.1. The molecule has 138 valence electrons. The van der Waals surface area contributed by atoms with E-state index in [-0.39, 0.29) is 11.6 Å². The van der Waals surface area contributed by atoms with Gasteiger partial charge in [-0.3, -0.25) is 9.59 Å². The maximum atomic E-state index is 12.1. The fourth-order valence-electron chi connectivity index (χ4n) is 3.55. The van der Waals surface area contributed by atoms with Crippen molar-refractivity contribution in [3.05, 3.63) is 42.2 Å². The second kappa shape index (κ2) is 8.65. The standard InChI is InChI=1S/C20H26N4O2/c21-20(26)18-13-14-24(23-18)17-11-9-16(10-12-17)22-19(25)8-4-7-15-5-2-1-3-6-15/h9-15H,1-8H2,(H2,21,26)(H,22,25). The first kappa shape index (κ1) is 18.2. The Hall–Kier alpha value is -2.63. The van der Waals surface area contributed by atoms with Crippen molar-refractivity contribution >= 4 is 17.5 Å². The Morgan fingerprint density at radius 2 is 1.85 bits per heavy atom. The number of nitrogens with one attached hydrogen (secondary N) is 1. The van der Waals surface area contributed by atoms with Crippen LogP contribution in [0.3, 0.4) is 0 Å². The van der Waals surface area contributed by atoms with E-state index in [2.05, 4.69) is 10.4 Å². The number of carbonyl (C=O) groups is 2. The molecule has 0 atom stereocenters. The molecule has 0 spiro atoms. The summed E-state index contributed by atoms with van der Waals surface area (Å²) in [4.78, 5) is 23.2. The number of primary amides is 1. The van der Waals surface area contributed by atoms with Crippen LogP contribution in [0.2, 0.25) is 0 Å². The van der Waals surface area contributed by atoms with Gasteiger partial charge in [0.15, 0.2) is 0 Å². The van der Waals surface area contributed by atoms with Crippen molar-refractivity contribution in [1.29, 1.82) is 0 Å². The minimum Gasteiger partial charge on any atom is -0.364 e. The molecule has 3 N–H and O–H groups in total. The zero-order valence-corrected chi connectivity index (χ0v) is 15.0. The predicted octanol–water partition coefficient (Wildman–Crippen LogP) is 3.66. The second-order valence-corrected chi connectivity index (χ2v) is 7.00. The van der Waals surface area contributed by atoms with Crippen LogP contribution in [-0.4, -0.2) is 21.6 Å². The average Bonchev–Trinajstić information content (AvgIpc) is 3.14. The van der Waals surface area contributed by atoms with E-state index < -0.39 is 5.91 Å². The monoisotopic (exact) mass is 354 g/mol. The quantitative estimate of drug-likeness (QED) is 0.795. The number of hydrogen-bond acceptors (Lipinski definition) is 3. The first-order valence-electron chi connectivity index (χ1n) is 9.37. The summed E-state index contributed by atoms with van der Waals surface area (Å²) in [7, 11) is 0. The van der Waals surface area contributed by atoms with Crippen LogP contribution in [0.15, 0.2) is 36.5 Å². The number of nitrogens with two attached hydrogens (primary N) is 1. The fraction of sp³-hybridized carbons (Fsp3) is 0.450. The summed E-state index contributed by atoms with van der Waals surface area (Å²) in [5, 5.41) is 7.05. The first-order chi connectivity index (χ1) is 12.6. The molecule has 1 heterocycles. The van der Waals surface area contributed by atoms with Crippen molar-refractivity contribution in [2.75, 3.05) is 5.32 Å². The largest absolute Gasteiger partial charge is 0.364 e. The lowest BCUT2D eigenvalue weighted by Crippen LogP contribution is -2.13. The lowest BCUT2D eigenvalue weighted by Gasteiger charge is -2.21. The number of hydrogen-bond donors (Lipinski definition) is 2. The summed E-state index contributed by atoms with van der Waals surface area (Å²) in [6, 6.07) is 8.93. The first-order valence-corrected chi connectivity index (χ1v) is 9.37. The van der Waals surface area contributed by atoms with Crippen molar-refractivity contribution in [2.24, 2.45) is 11.7 Å². The van der Waals surface area contributed by atoms with Gasteiger partial charge in [0.1, 0.15) is 5.69 Å². The Kier molecular flexibility index (Phi) is 6.04. The number of carbonyl (C=O) groups excluding carboxylic acids is 2. The highest BCUT2D eigenvalue weighted by atomic mass is 16.2. The van der Waals surface area contributed by atoms with Crippen LogP contribution in [0.25, 0.3) is 5.69 Å². The normalized spacial score (nSPS) is 14.9. The molecule has 1 saturated carbocycles. The Labute approximate surface area is 153 Å². The third kappa shape index (κ3) is 4.94. The average molecular weight is 354 g/mol. The molecule has 1 aliphatic rings. The minimum atomic E-state index is -0.555. The van der Waals surface area contributed by atoms with Crippen LogP contribution in [0.1, 0.15) is 61.9 Å². The van der Waals surface area contributed by atoms with Gasteiger partial charge in [-0.1, -0.05) is 32.1 Å². The molecule has 2 amide bonds. The van der Waals surface area contributed by atoms with E-state index in [1.54, 1.807) is 16.9 Å². The molecule has 0 unspecified atom stereocenters. The van der Waals surface area contributed by atoms with E-state index in [1.807, 2.05) is 24.3 Å². The molecule has 0 saturated heterocycles. The lowest BCUT2D eigenvalue weighted by molar-refractivity contribution is -0.116. The van der Waals surface area contributed by atoms with E-state index in [1.165, 1.54) is 32.1 Å². The number of amides is 2. The summed E-state index contributed by atoms with van der Waals surface area (Å²) in [6.07, 6.45) is 11.1. The Bertz CT molecular complexity index is 745. The smallest absolute Gasteiger partial charge is 0.269 e. The van der Waals surface area contributed by atoms with Crippen LogP contribution < -0.4 is 11.1 Å². The van der Waals surface area contributed by atoms with E-state index in [4.69, 9.17) is 5.73 Å². The molecule has 6 heteroatoms. The summed E-state index contributed by atoms with van der Waals surface area (Å²) in [5.74, 6) is 0.319. The number of benzene rings is 1. The zero-order chi connectivity index (χ0) is 18.4. The van der Waals surface area contributed by atoms with Gasteiger partial charge in [-0.15, -0.1) is 0 Å². The Balaban J connectivity index is 1.47. The van der Waals surface area contributed by atoms with Crippen molar-refractivity contribution in [3.63, 3.8) is 0 Å². The molecule has 2 aromatic rings. The second-order valence-electron chi connectivity index (χ2n) is 7.00. The molecular formula is C20H26N4O2. The summed E-state index contributed by atoms with van der Waals surface area (Å²) < 4.78 is 1.58. The SMILES string of the molecule is NC(=O)c1ccn(-c2ccc(NC(=O)CCCC3CCCCC3)cc2)n1. The van der Waals surface area contributed by atoms with E-state index in [0.29, 0.717) is 6.42 Å². The number of rotatable bonds is 7. The molecule has 0 aliphatic heterocycles. The molecule has 6 nitrogen and oxygen atoms in total. The van der Waals surface area contributed by atoms with Gasteiger partial charge in [-0.05, 0) is 49.1 Å². The zero-order valence-electron chi connectivity index (χ0n) is 15.0. The third-order valence-corrected chi connectivity index (χ3v) is 5.00. The van der Waals surface area contributed by atoms with Crippen LogP contribution in [-0.2, 0) is 4.79 Å². The van der Waals surface area contributed by atoms with Gasteiger partial charge in [0.2, 0.25) is 5.91 Å². The van der Waals surface area contributed by atoms with Crippen molar-refractivity contribution in [3.8, 4) is 5.69 Å². The lowest BCUT2D eigenvalue weighted by atomic mass is 9.86. The van der Waals surface area contributed by atoms with Gasteiger partial charge >= 0.3 is 0 Å². The molecule has 1 aromatic heterocycles.